The molecular weight excluding hydrogens is 286 g/mol. The van der Waals surface area contributed by atoms with Gasteiger partial charge in [0.1, 0.15) is 0 Å². The first-order valence-electron chi connectivity index (χ1n) is 7.90. The fraction of sp³-hybridized carbons (Fsp3) is 0.800. The average molecular weight is 307 g/mol. The monoisotopic (exact) mass is 307 g/mol. The second-order valence-electron chi connectivity index (χ2n) is 6.39. The molecule has 0 aromatic carbocycles. The van der Waals surface area contributed by atoms with Gasteiger partial charge in [0.25, 0.3) is 0 Å². The summed E-state index contributed by atoms with van der Waals surface area (Å²) in [7, 11) is 0. The molecule has 2 aliphatic carbocycles. The van der Waals surface area contributed by atoms with E-state index >= 15 is 0 Å². The molecule has 0 N–H and O–H groups in total. The van der Waals surface area contributed by atoms with Gasteiger partial charge in [-0.05, 0) is 37.5 Å². The van der Waals surface area contributed by atoms with E-state index < -0.39 is 12.1 Å². The van der Waals surface area contributed by atoms with Crippen molar-refractivity contribution in [3.05, 3.63) is 31.9 Å². The van der Waals surface area contributed by atoms with Gasteiger partial charge in [0.15, 0.2) is 0 Å². The topological polar surface area (TPSA) is 110 Å². The average Bonchev–Trinajstić information content (AvgIpc) is 2.53. The van der Waals surface area contributed by atoms with E-state index in [9.17, 15) is 25.5 Å². The molecule has 0 heterocycles. The van der Waals surface area contributed by atoms with Crippen molar-refractivity contribution in [2.75, 3.05) is 0 Å². The van der Waals surface area contributed by atoms with Crippen LogP contribution < -0.4 is 0 Å². The Bertz CT molecular complexity index is 503. The molecule has 7 nitrogen and oxygen atoms in total. The quantitative estimate of drug-likeness (QED) is 0.450. The fourth-order valence-electron chi connectivity index (χ4n) is 3.66. The summed E-state index contributed by atoms with van der Waals surface area (Å²) in [5.74, 6) is 0.171. The van der Waals surface area contributed by atoms with Crippen molar-refractivity contribution >= 4 is 0 Å². The van der Waals surface area contributed by atoms with Gasteiger partial charge in [0, 0.05) is 41.1 Å². The molecule has 0 aliphatic heterocycles. The van der Waals surface area contributed by atoms with Crippen LogP contribution in [-0.2, 0) is 0 Å². The predicted octanol–water partition coefficient (Wildman–Crippen LogP) is 3.11. The Hall–Kier alpha value is -1.97. The lowest BCUT2D eigenvalue weighted by molar-refractivity contribution is -0.527. The van der Waals surface area contributed by atoms with Crippen molar-refractivity contribution in [3.8, 4) is 6.07 Å². The van der Waals surface area contributed by atoms with Gasteiger partial charge < -0.3 is 0 Å². The summed E-state index contributed by atoms with van der Waals surface area (Å²) in [5, 5.41) is 31.1. The standard InChI is InChI=1S/C15H21N3O4/c16-10-13(12-4-6-14(7-5-12)17(19)20)8-11-2-1-3-15(9-11)18(21)22/h8,11-12,14-15H,1-7,9H2/b13-8-/t11-,12?,14?,15+/m0/s1. The highest BCUT2D eigenvalue weighted by molar-refractivity contribution is 5.25. The van der Waals surface area contributed by atoms with Crippen LogP contribution in [0.3, 0.4) is 0 Å². The Morgan fingerprint density at radius 2 is 1.64 bits per heavy atom. The Morgan fingerprint density at radius 1 is 1.00 bits per heavy atom. The Kier molecular flexibility index (Phi) is 5.47. The van der Waals surface area contributed by atoms with Crippen LogP contribution in [-0.4, -0.2) is 21.9 Å². The lowest BCUT2D eigenvalue weighted by Crippen LogP contribution is -2.28. The first-order chi connectivity index (χ1) is 10.5. The highest BCUT2D eigenvalue weighted by Gasteiger charge is 2.32. The van der Waals surface area contributed by atoms with Gasteiger partial charge in [-0.1, -0.05) is 6.08 Å². The van der Waals surface area contributed by atoms with Crippen LogP contribution >= 0.6 is 0 Å². The molecule has 0 radical (unpaired) electrons. The van der Waals surface area contributed by atoms with Crippen molar-refractivity contribution in [2.24, 2.45) is 11.8 Å². The molecule has 2 aliphatic rings. The summed E-state index contributed by atoms with van der Waals surface area (Å²) in [4.78, 5) is 21.3. The van der Waals surface area contributed by atoms with Crippen LogP contribution in [0.1, 0.15) is 51.4 Å². The summed E-state index contributed by atoms with van der Waals surface area (Å²) in [6, 6.07) is 1.25. The number of hydrogen-bond acceptors (Lipinski definition) is 5. The molecule has 120 valence electrons. The Balaban J connectivity index is 1.98. The first kappa shape index (κ1) is 16.4. The summed E-state index contributed by atoms with van der Waals surface area (Å²) in [5.41, 5.74) is 0.677. The number of rotatable bonds is 4. The predicted molar refractivity (Wildman–Crippen MR) is 79.2 cm³/mol. The highest BCUT2D eigenvalue weighted by atomic mass is 16.6. The molecule has 22 heavy (non-hydrogen) atoms. The smallest absolute Gasteiger partial charge is 0.213 e. The van der Waals surface area contributed by atoms with Gasteiger partial charge >= 0.3 is 0 Å². The van der Waals surface area contributed by atoms with Crippen molar-refractivity contribution in [2.45, 2.75) is 63.5 Å². The molecule has 2 rings (SSSR count). The SMILES string of the molecule is N#C/C(=C/[C@@H]1CCC[C@@H]([N+](=O)[O-])C1)C1CCC([N+](=O)[O-])CC1. The van der Waals surface area contributed by atoms with E-state index in [2.05, 4.69) is 6.07 Å². The molecule has 2 atom stereocenters. The van der Waals surface area contributed by atoms with E-state index in [4.69, 9.17) is 0 Å². The molecule has 7 heteroatoms. The molecular formula is C15H21N3O4. The third-order valence-corrected chi connectivity index (χ3v) is 4.96. The molecule has 0 amide bonds. The molecule has 0 unspecified atom stereocenters. The molecule has 0 spiro atoms. The van der Waals surface area contributed by atoms with Crippen molar-refractivity contribution < 1.29 is 9.85 Å². The van der Waals surface area contributed by atoms with Gasteiger partial charge in [-0.25, -0.2) is 0 Å². The van der Waals surface area contributed by atoms with E-state index in [1.807, 2.05) is 6.08 Å². The minimum absolute atomic E-state index is 0.0807. The van der Waals surface area contributed by atoms with E-state index in [-0.39, 0.29) is 21.7 Å². The molecule has 0 saturated heterocycles. The normalized spacial score (nSPS) is 33.0. The Morgan fingerprint density at radius 3 is 2.18 bits per heavy atom. The molecule has 0 aromatic rings. The molecule has 0 bridgehead atoms. The fourth-order valence-corrected chi connectivity index (χ4v) is 3.66. The number of hydrogen-bond donors (Lipinski definition) is 0. The lowest BCUT2D eigenvalue weighted by Gasteiger charge is -2.26. The van der Waals surface area contributed by atoms with Crippen LogP contribution in [0.2, 0.25) is 0 Å². The number of nitriles is 1. The minimum atomic E-state index is -0.500. The van der Waals surface area contributed by atoms with E-state index in [1.165, 1.54) is 0 Å². The van der Waals surface area contributed by atoms with Gasteiger partial charge in [-0.3, -0.25) is 20.2 Å². The maximum absolute atomic E-state index is 10.9. The second kappa shape index (κ2) is 7.34. The van der Waals surface area contributed by atoms with Gasteiger partial charge in [-0.15, -0.1) is 0 Å². The van der Waals surface area contributed by atoms with Gasteiger partial charge in [0.2, 0.25) is 12.1 Å². The summed E-state index contributed by atoms with van der Waals surface area (Å²) in [6.45, 7) is 0. The van der Waals surface area contributed by atoms with E-state index in [0.717, 1.165) is 12.8 Å². The van der Waals surface area contributed by atoms with Crippen LogP contribution in [0.15, 0.2) is 11.6 Å². The zero-order valence-electron chi connectivity index (χ0n) is 12.5. The third kappa shape index (κ3) is 4.03. The third-order valence-electron chi connectivity index (χ3n) is 4.96. The molecule has 2 fully saturated rings. The largest absolute Gasteiger partial charge is 0.264 e. The number of allylic oxidation sites excluding steroid dienone is 2. The molecule has 0 aromatic heterocycles. The van der Waals surface area contributed by atoms with E-state index in [1.54, 1.807) is 0 Å². The first-order valence-corrected chi connectivity index (χ1v) is 7.90. The van der Waals surface area contributed by atoms with Crippen LogP contribution in [0.25, 0.3) is 0 Å². The minimum Gasteiger partial charge on any atom is -0.264 e. The Labute approximate surface area is 129 Å². The van der Waals surface area contributed by atoms with Crippen LogP contribution in [0.4, 0.5) is 0 Å². The van der Waals surface area contributed by atoms with Crippen molar-refractivity contribution in [1.29, 1.82) is 5.26 Å². The van der Waals surface area contributed by atoms with Gasteiger partial charge in [0.05, 0.1) is 6.07 Å². The zero-order chi connectivity index (χ0) is 16.1. The maximum atomic E-state index is 10.9. The molecule has 2 saturated carbocycles. The number of nitro groups is 2. The summed E-state index contributed by atoms with van der Waals surface area (Å²) < 4.78 is 0. The lowest BCUT2D eigenvalue weighted by atomic mass is 9.78. The summed E-state index contributed by atoms with van der Waals surface area (Å²) >= 11 is 0. The van der Waals surface area contributed by atoms with Crippen LogP contribution in [0, 0.1) is 43.4 Å². The highest BCUT2D eigenvalue weighted by Crippen LogP contribution is 2.34. The van der Waals surface area contributed by atoms with Gasteiger partial charge in [-0.2, -0.15) is 5.26 Å². The zero-order valence-corrected chi connectivity index (χ0v) is 12.5. The van der Waals surface area contributed by atoms with Crippen molar-refractivity contribution in [1.82, 2.24) is 0 Å². The van der Waals surface area contributed by atoms with Crippen LogP contribution in [0.5, 0.6) is 0 Å². The van der Waals surface area contributed by atoms with E-state index in [0.29, 0.717) is 44.1 Å². The van der Waals surface area contributed by atoms with Crippen molar-refractivity contribution in [3.63, 3.8) is 0 Å². The number of nitrogens with zero attached hydrogens (tertiary/aromatic N) is 3. The summed E-state index contributed by atoms with van der Waals surface area (Å²) in [6.07, 6.45) is 7.09. The maximum Gasteiger partial charge on any atom is 0.213 e. The second-order valence-corrected chi connectivity index (χ2v) is 6.39.